The van der Waals surface area contributed by atoms with Gasteiger partial charge in [0.25, 0.3) is 0 Å². The average Bonchev–Trinajstić information content (AvgIpc) is 0.811. The SMILES string of the molecule is O.O.O=C(O)O.[Cu].[Cu].[H-].[H-].[Mg+2]. The van der Waals surface area contributed by atoms with Gasteiger partial charge in [0, 0.05) is 34.1 Å². The van der Waals surface area contributed by atoms with Crippen molar-refractivity contribution in [2.75, 3.05) is 0 Å². The van der Waals surface area contributed by atoms with Crippen LogP contribution in [0.3, 0.4) is 0 Å². The molecule has 6 N–H and O–H groups in total. The predicted octanol–water partition coefficient (Wildman–Crippen LogP) is -1.59. The molecule has 0 atom stereocenters. The van der Waals surface area contributed by atoms with Gasteiger partial charge in [0.15, 0.2) is 0 Å². The maximum atomic E-state index is 8.56. The third kappa shape index (κ3) is 444. The van der Waals surface area contributed by atoms with Crippen LogP contribution in [0.25, 0.3) is 0 Å². The van der Waals surface area contributed by atoms with Gasteiger partial charge in [0.2, 0.25) is 0 Å². The van der Waals surface area contributed by atoms with Crippen molar-refractivity contribution in [1.82, 2.24) is 0 Å². The minimum atomic E-state index is -1.83. The van der Waals surface area contributed by atoms with E-state index >= 15 is 0 Å². The van der Waals surface area contributed by atoms with E-state index in [4.69, 9.17) is 15.0 Å². The van der Waals surface area contributed by atoms with Gasteiger partial charge in [0.05, 0.1) is 0 Å². The number of hydrogen-bond acceptors (Lipinski definition) is 1. The van der Waals surface area contributed by atoms with Crippen LogP contribution in [0, 0.1) is 0 Å². The van der Waals surface area contributed by atoms with Gasteiger partial charge in [-0.25, -0.2) is 4.79 Å². The smallest absolute Gasteiger partial charge is 1.00 e. The molecule has 0 heterocycles. The molecule has 0 aromatic carbocycles. The molecule has 2 radical (unpaired) electrons. The molecular weight excluding hydrogens is 243 g/mol. The molecule has 0 aliphatic heterocycles. The second kappa shape index (κ2) is 36.0. The first-order valence-corrected chi connectivity index (χ1v) is 0.651. The van der Waals surface area contributed by atoms with Crippen molar-refractivity contribution in [3.63, 3.8) is 0 Å². The van der Waals surface area contributed by atoms with Crippen molar-refractivity contribution in [1.29, 1.82) is 0 Å². The van der Waals surface area contributed by atoms with E-state index in [1.807, 2.05) is 0 Å². The Bertz CT molecular complexity index is 45.5. The van der Waals surface area contributed by atoms with E-state index in [1.54, 1.807) is 0 Å². The first-order chi connectivity index (χ1) is 1.73. The summed E-state index contributed by atoms with van der Waals surface area (Å²) in [5.74, 6) is 0. The molecule has 0 aromatic rings. The number of carbonyl (C=O) groups is 1. The Hall–Kier alpha value is 0.995. The van der Waals surface area contributed by atoms with E-state index in [9.17, 15) is 0 Å². The Morgan fingerprint density at radius 1 is 1.11 bits per heavy atom. The Balaban J connectivity index is -0.00000000214. The fourth-order valence-corrected chi connectivity index (χ4v) is 0. The Labute approximate surface area is 91.9 Å². The van der Waals surface area contributed by atoms with Gasteiger partial charge >= 0.3 is 29.2 Å². The van der Waals surface area contributed by atoms with Gasteiger partial charge in [-0.1, -0.05) is 0 Å². The molecule has 66 valence electrons. The molecule has 0 unspecified atom stereocenters. The third-order valence-electron chi connectivity index (χ3n) is 0. The zero-order chi connectivity index (χ0) is 3.58. The summed E-state index contributed by atoms with van der Waals surface area (Å²) >= 11 is 0. The van der Waals surface area contributed by atoms with Crippen molar-refractivity contribution in [3.05, 3.63) is 0 Å². The van der Waals surface area contributed by atoms with E-state index in [0.29, 0.717) is 0 Å². The van der Waals surface area contributed by atoms with Crippen LogP contribution in [-0.2, 0) is 34.1 Å². The van der Waals surface area contributed by atoms with Gasteiger partial charge in [-0.15, -0.1) is 0 Å². The minimum Gasteiger partial charge on any atom is -1.00 e. The molecule has 0 fully saturated rings. The topological polar surface area (TPSA) is 121 Å². The van der Waals surface area contributed by atoms with Crippen molar-refractivity contribution in [2.24, 2.45) is 0 Å². The van der Waals surface area contributed by atoms with Gasteiger partial charge < -0.3 is 24.0 Å². The van der Waals surface area contributed by atoms with Crippen LogP contribution in [0.5, 0.6) is 0 Å². The fraction of sp³-hybridized carbons (Fsp3) is 0. The molecule has 0 saturated carbocycles. The standard InChI is InChI=1S/CH2O3.2Cu.Mg.2H2O.2H/c2-1(3)4;;;;;;;/h(H2,2,3,4);;;;2*1H2;;/q;;;+2;;;2*-1. The molecule has 0 aromatic heterocycles. The van der Waals surface area contributed by atoms with E-state index < -0.39 is 6.16 Å². The number of hydrogen-bond donors (Lipinski definition) is 2. The van der Waals surface area contributed by atoms with Crippen LogP contribution in [0.1, 0.15) is 2.85 Å². The molecular formula is CH8Cu2MgO5. The Kier molecular flexibility index (Phi) is 203. The van der Waals surface area contributed by atoms with E-state index in [2.05, 4.69) is 0 Å². The zero-order valence-corrected chi connectivity index (χ0v) is 7.41. The maximum Gasteiger partial charge on any atom is 2.00 e. The van der Waals surface area contributed by atoms with Crippen molar-refractivity contribution in [2.45, 2.75) is 0 Å². The number of rotatable bonds is 0. The summed E-state index contributed by atoms with van der Waals surface area (Å²) in [5, 5.41) is 13.9. The van der Waals surface area contributed by atoms with Gasteiger partial charge in [0.1, 0.15) is 0 Å². The quantitative estimate of drug-likeness (QED) is 0.505. The summed E-state index contributed by atoms with van der Waals surface area (Å²) < 4.78 is 0. The van der Waals surface area contributed by atoms with E-state index in [-0.39, 0.29) is 71.0 Å². The first kappa shape index (κ1) is 50.7. The van der Waals surface area contributed by atoms with Crippen LogP contribution < -0.4 is 0 Å². The van der Waals surface area contributed by atoms with Crippen molar-refractivity contribution in [3.8, 4) is 0 Å². The number of carboxylic acid groups (broad SMARTS) is 2. The second-order valence-electron chi connectivity index (χ2n) is 0.283. The largest absolute Gasteiger partial charge is 2.00 e. The van der Waals surface area contributed by atoms with E-state index in [1.165, 1.54) is 0 Å². The normalized spacial score (nSPS) is 2.67. The third-order valence-corrected chi connectivity index (χ3v) is 0. The van der Waals surface area contributed by atoms with Crippen molar-refractivity contribution < 1.29 is 63.0 Å². The molecule has 0 amide bonds. The minimum absolute atomic E-state index is 0. The molecule has 5 nitrogen and oxygen atoms in total. The summed E-state index contributed by atoms with van der Waals surface area (Å²) in [5.41, 5.74) is 0. The maximum absolute atomic E-state index is 8.56. The molecule has 0 spiro atoms. The summed E-state index contributed by atoms with van der Waals surface area (Å²) in [6.45, 7) is 0. The van der Waals surface area contributed by atoms with Gasteiger partial charge in [-0.3, -0.25) is 0 Å². The second-order valence-corrected chi connectivity index (χ2v) is 0.283. The summed E-state index contributed by atoms with van der Waals surface area (Å²) in [6.07, 6.45) is -1.83. The monoisotopic (exact) mass is 250 g/mol. The molecule has 0 aliphatic rings. The molecule has 8 heteroatoms. The van der Waals surface area contributed by atoms with Crippen LogP contribution >= 0.6 is 0 Å². The van der Waals surface area contributed by atoms with Gasteiger partial charge in [-0.05, 0) is 0 Å². The molecule has 0 aliphatic carbocycles. The zero-order valence-electron chi connectivity index (χ0n) is 6.11. The van der Waals surface area contributed by atoms with Gasteiger partial charge in [-0.2, -0.15) is 0 Å². The molecule has 0 bridgehead atoms. The van der Waals surface area contributed by atoms with E-state index in [0.717, 1.165) is 0 Å². The fourth-order valence-electron chi connectivity index (χ4n) is 0. The average molecular weight is 251 g/mol. The summed E-state index contributed by atoms with van der Waals surface area (Å²) in [7, 11) is 0. The molecule has 0 saturated heterocycles. The van der Waals surface area contributed by atoms with Crippen LogP contribution in [0.15, 0.2) is 0 Å². The summed E-state index contributed by atoms with van der Waals surface area (Å²) in [6, 6.07) is 0. The summed E-state index contributed by atoms with van der Waals surface area (Å²) in [4.78, 5) is 8.56. The molecule has 0 rings (SSSR count). The van der Waals surface area contributed by atoms with Crippen LogP contribution in [-0.4, -0.2) is 50.4 Å². The van der Waals surface area contributed by atoms with Crippen LogP contribution in [0.2, 0.25) is 0 Å². The molecule has 9 heavy (non-hydrogen) atoms. The van der Waals surface area contributed by atoms with Crippen molar-refractivity contribution >= 4 is 29.2 Å². The Morgan fingerprint density at radius 2 is 1.11 bits per heavy atom. The Morgan fingerprint density at radius 3 is 1.11 bits per heavy atom. The first-order valence-electron chi connectivity index (χ1n) is 0.651. The predicted molar refractivity (Wildman–Crippen MR) is 25.9 cm³/mol. The van der Waals surface area contributed by atoms with Crippen LogP contribution in [0.4, 0.5) is 4.79 Å².